The maximum Gasteiger partial charge on any atom is 0.179 e. The Morgan fingerprint density at radius 1 is 1.11 bits per heavy atom. The summed E-state index contributed by atoms with van der Waals surface area (Å²) in [5.74, 6) is 2.46. The van der Waals surface area contributed by atoms with Crippen LogP contribution in [0, 0.1) is 32.1 Å². The molecule has 3 aromatic rings. The van der Waals surface area contributed by atoms with E-state index in [-0.39, 0.29) is 6.10 Å². The van der Waals surface area contributed by atoms with Gasteiger partial charge >= 0.3 is 0 Å². The van der Waals surface area contributed by atoms with E-state index in [9.17, 15) is 0 Å². The van der Waals surface area contributed by atoms with Crippen molar-refractivity contribution < 1.29 is 4.74 Å². The number of ether oxygens (including phenoxy) is 1. The van der Waals surface area contributed by atoms with E-state index in [0.29, 0.717) is 5.56 Å². The van der Waals surface area contributed by atoms with Gasteiger partial charge < -0.3 is 9.64 Å². The third-order valence-corrected chi connectivity index (χ3v) is 5.13. The van der Waals surface area contributed by atoms with Crippen LogP contribution in [0.1, 0.15) is 35.4 Å². The molecule has 0 radical (unpaired) electrons. The van der Waals surface area contributed by atoms with Gasteiger partial charge in [-0.2, -0.15) is 5.26 Å². The number of benzene rings is 1. The fraction of sp³-hybridized carbons (Fsp3) is 0.400. The van der Waals surface area contributed by atoms with E-state index >= 15 is 0 Å². The van der Waals surface area contributed by atoms with Crippen LogP contribution in [0.5, 0.6) is 5.75 Å². The van der Waals surface area contributed by atoms with Crippen LogP contribution < -0.4 is 9.64 Å². The van der Waals surface area contributed by atoms with Crippen molar-refractivity contribution in [2.75, 3.05) is 18.0 Å². The maximum atomic E-state index is 9.02. The summed E-state index contributed by atoms with van der Waals surface area (Å²) in [4.78, 5) is 6.76. The van der Waals surface area contributed by atoms with Gasteiger partial charge in [0, 0.05) is 37.1 Å². The van der Waals surface area contributed by atoms with Crippen molar-refractivity contribution in [1.82, 2.24) is 19.8 Å². The Morgan fingerprint density at radius 2 is 1.89 bits per heavy atom. The lowest BCUT2D eigenvalue weighted by atomic mass is 10.1. The Hall–Kier alpha value is -3.14. The van der Waals surface area contributed by atoms with Crippen LogP contribution in [0.4, 0.5) is 5.82 Å². The van der Waals surface area contributed by atoms with Gasteiger partial charge in [0.1, 0.15) is 17.7 Å². The number of aromatic nitrogens is 4. The van der Waals surface area contributed by atoms with E-state index < -0.39 is 0 Å². The van der Waals surface area contributed by atoms with Crippen molar-refractivity contribution in [3.63, 3.8) is 0 Å². The van der Waals surface area contributed by atoms with E-state index in [1.165, 1.54) is 0 Å². The molecule has 0 N–H and O–H groups in total. The smallest absolute Gasteiger partial charge is 0.179 e. The normalized spacial score (nSPS) is 15.1. The number of fused-ring (bicyclic) bond motifs is 1. The Morgan fingerprint density at radius 3 is 2.63 bits per heavy atom. The van der Waals surface area contributed by atoms with Gasteiger partial charge in [-0.05, 0) is 39.0 Å². The molecule has 0 atom stereocenters. The van der Waals surface area contributed by atoms with Crippen molar-refractivity contribution in [2.24, 2.45) is 0 Å². The first-order valence-corrected chi connectivity index (χ1v) is 9.18. The van der Waals surface area contributed by atoms with Crippen LogP contribution in [0.25, 0.3) is 5.65 Å². The number of nitrogens with zero attached hydrogens (tertiary/aromatic N) is 6. The molecule has 0 bridgehead atoms. The number of piperidine rings is 1. The largest absolute Gasteiger partial charge is 0.490 e. The highest BCUT2D eigenvalue weighted by molar-refractivity contribution is 5.59. The summed E-state index contributed by atoms with van der Waals surface area (Å²) in [5, 5.41) is 18.1. The molecule has 1 saturated heterocycles. The number of hydrogen-bond acceptors (Lipinski definition) is 6. The van der Waals surface area contributed by atoms with Gasteiger partial charge in [0.15, 0.2) is 11.5 Å². The second kappa shape index (κ2) is 6.88. The summed E-state index contributed by atoms with van der Waals surface area (Å²) in [6.07, 6.45) is 1.96. The molecule has 1 aromatic carbocycles. The Labute approximate surface area is 158 Å². The molecule has 0 saturated carbocycles. The van der Waals surface area contributed by atoms with E-state index in [4.69, 9.17) is 15.1 Å². The SMILES string of the molecule is Cc1nc2c(C)c(C)c(N3CCC(Oc4cccc(C#N)c4)CC3)nn2n1. The summed E-state index contributed by atoms with van der Waals surface area (Å²) in [6, 6.07) is 9.49. The second-order valence-corrected chi connectivity index (χ2v) is 6.99. The van der Waals surface area contributed by atoms with Crippen LogP contribution in [0.2, 0.25) is 0 Å². The van der Waals surface area contributed by atoms with Crippen LogP contribution in [0.3, 0.4) is 0 Å². The lowest BCUT2D eigenvalue weighted by molar-refractivity contribution is 0.170. The number of rotatable bonds is 3. The number of aryl methyl sites for hydroxylation is 2. The molecule has 0 spiro atoms. The average Bonchev–Trinajstić information content (AvgIpc) is 3.06. The van der Waals surface area contributed by atoms with E-state index in [0.717, 1.165) is 60.1 Å². The van der Waals surface area contributed by atoms with Crippen LogP contribution in [-0.2, 0) is 0 Å². The number of hydrogen-bond donors (Lipinski definition) is 0. The third-order valence-electron chi connectivity index (χ3n) is 5.13. The summed E-state index contributed by atoms with van der Waals surface area (Å²) in [7, 11) is 0. The van der Waals surface area contributed by atoms with Crippen LogP contribution in [-0.4, -0.2) is 39.0 Å². The molecule has 1 aliphatic heterocycles. The Balaban J connectivity index is 1.48. The van der Waals surface area contributed by atoms with E-state index in [2.05, 4.69) is 34.9 Å². The van der Waals surface area contributed by atoms with Gasteiger partial charge in [-0.3, -0.25) is 0 Å². The molecule has 3 heterocycles. The molecule has 0 unspecified atom stereocenters. The maximum absolute atomic E-state index is 9.02. The molecular weight excluding hydrogens is 340 g/mol. The molecule has 2 aromatic heterocycles. The van der Waals surface area contributed by atoms with Crippen molar-refractivity contribution in [3.05, 3.63) is 46.8 Å². The van der Waals surface area contributed by atoms with Crippen LogP contribution in [0.15, 0.2) is 24.3 Å². The molecule has 0 aliphatic carbocycles. The zero-order chi connectivity index (χ0) is 19.0. The lowest BCUT2D eigenvalue weighted by Gasteiger charge is -2.33. The highest BCUT2D eigenvalue weighted by Gasteiger charge is 2.24. The Bertz CT molecular complexity index is 1030. The van der Waals surface area contributed by atoms with Crippen LogP contribution >= 0.6 is 0 Å². The third kappa shape index (κ3) is 3.31. The lowest BCUT2D eigenvalue weighted by Crippen LogP contribution is -2.39. The first kappa shape index (κ1) is 17.3. The first-order chi connectivity index (χ1) is 13.0. The van der Waals surface area contributed by atoms with Gasteiger partial charge in [-0.15, -0.1) is 14.8 Å². The van der Waals surface area contributed by atoms with Crippen molar-refractivity contribution >= 4 is 11.5 Å². The van der Waals surface area contributed by atoms with Crippen molar-refractivity contribution in [1.29, 1.82) is 5.26 Å². The highest BCUT2D eigenvalue weighted by Crippen LogP contribution is 2.27. The highest BCUT2D eigenvalue weighted by atomic mass is 16.5. The van der Waals surface area contributed by atoms with Gasteiger partial charge in [-0.1, -0.05) is 6.07 Å². The molecule has 4 rings (SSSR count). The summed E-state index contributed by atoms with van der Waals surface area (Å²) in [5.41, 5.74) is 3.71. The van der Waals surface area contributed by atoms with Gasteiger partial charge in [0.2, 0.25) is 0 Å². The minimum Gasteiger partial charge on any atom is -0.490 e. The van der Waals surface area contributed by atoms with E-state index in [1.807, 2.05) is 19.1 Å². The summed E-state index contributed by atoms with van der Waals surface area (Å²) >= 11 is 0. The predicted molar refractivity (Wildman–Crippen MR) is 102 cm³/mol. The summed E-state index contributed by atoms with van der Waals surface area (Å²) in [6.45, 7) is 7.79. The fourth-order valence-corrected chi connectivity index (χ4v) is 3.53. The van der Waals surface area contributed by atoms with Crippen molar-refractivity contribution in [2.45, 2.75) is 39.7 Å². The molecule has 7 heteroatoms. The molecule has 1 fully saturated rings. The van der Waals surface area contributed by atoms with Gasteiger partial charge in [-0.25, -0.2) is 4.98 Å². The Kier molecular flexibility index (Phi) is 4.40. The van der Waals surface area contributed by atoms with E-state index in [1.54, 1.807) is 16.8 Å². The molecule has 1 aliphatic rings. The number of nitriles is 1. The zero-order valence-electron chi connectivity index (χ0n) is 15.8. The minimum atomic E-state index is 0.147. The molecule has 27 heavy (non-hydrogen) atoms. The fourth-order valence-electron chi connectivity index (χ4n) is 3.53. The quantitative estimate of drug-likeness (QED) is 0.713. The van der Waals surface area contributed by atoms with Gasteiger partial charge in [0.25, 0.3) is 0 Å². The van der Waals surface area contributed by atoms with Gasteiger partial charge in [0.05, 0.1) is 11.6 Å². The summed E-state index contributed by atoms with van der Waals surface area (Å²) < 4.78 is 7.73. The topological polar surface area (TPSA) is 79.3 Å². The molecule has 0 amide bonds. The number of anilines is 1. The minimum absolute atomic E-state index is 0.147. The second-order valence-electron chi connectivity index (χ2n) is 6.99. The first-order valence-electron chi connectivity index (χ1n) is 9.18. The average molecular weight is 362 g/mol. The zero-order valence-corrected chi connectivity index (χ0v) is 15.8. The molecule has 138 valence electrons. The van der Waals surface area contributed by atoms with Crippen molar-refractivity contribution in [3.8, 4) is 11.8 Å². The molecular formula is C20H22N6O. The predicted octanol–water partition coefficient (Wildman–Crippen LogP) is 2.97. The molecule has 7 nitrogen and oxygen atoms in total. The standard InChI is InChI=1S/C20H22N6O/c1-13-14(2)20(24-26-19(13)22-15(3)23-26)25-9-7-17(8-10-25)27-18-6-4-5-16(11-18)12-21/h4-6,11,17H,7-10H2,1-3H3. The monoisotopic (exact) mass is 362 g/mol.